The maximum absolute atomic E-state index is 13.3. The summed E-state index contributed by atoms with van der Waals surface area (Å²) < 4.78 is 45.2. The first kappa shape index (κ1) is 21.0. The van der Waals surface area contributed by atoms with Crippen molar-refractivity contribution in [3.05, 3.63) is 53.6 Å². The van der Waals surface area contributed by atoms with Gasteiger partial charge in [0.05, 0.1) is 24.6 Å². The summed E-state index contributed by atoms with van der Waals surface area (Å²) in [7, 11) is 1.63. The molecule has 5 rings (SSSR count). The summed E-state index contributed by atoms with van der Waals surface area (Å²) in [6.45, 7) is 2.00. The molecule has 0 unspecified atom stereocenters. The predicted octanol–water partition coefficient (Wildman–Crippen LogP) is 3.86. The maximum Gasteiger partial charge on any atom is 0.416 e. The molecule has 1 saturated carbocycles. The maximum atomic E-state index is 13.3. The Kier molecular flexibility index (Phi) is 5.18. The Morgan fingerprint density at radius 2 is 1.84 bits per heavy atom. The number of piperazine rings is 1. The first-order valence-electron chi connectivity index (χ1n) is 11.0. The van der Waals surface area contributed by atoms with E-state index < -0.39 is 17.7 Å². The van der Waals surface area contributed by atoms with Crippen molar-refractivity contribution in [3.63, 3.8) is 0 Å². The average Bonchev–Trinajstić information content (AvgIpc) is 3.61. The molecular formula is C24H26F3N3O2. The summed E-state index contributed by atoms with van der Waals surface area (Å²) in [5.41, 5.74) is 1.80. The fraction of sp³-hybridized carbons (Fsp3) is 0.458. The van der Waals surface area contributed by atoms with Gasteiger partial charge in [-0.3, -0.25) is 4.79 Å². The van der Waals surface area contributed by atoms with Gasteiger partial charge in [-0.05, 0) is 67.3 Å². The third-order valence-electron chi connectivity index (χ3n) is 6.74. The number of nitrogens with one attached hydrogen (secondary N) is 1. The number of halogens is 3. The predicted molar refractivity (Wildman–Crippen MR) is 116 cm³/mol. The van der Waals surface area contributed by atoms with E-state index in [9.17, 15) is 18.0 Å². The second-order valence-electron chi connectivity index (χ2n) is 8.84. The highest BCUT2D eigenvalue weighted by Crippen LogP contribution is 2.40. The Labute approximate surface area is 185 Å². The van der Waals surface area contributed by atoms with Crippen LogP contribution in [0.25, 0.3) is 0 Å². The highest BCUT2D eigenvalue weighted by atomic mass is 19.4. The molecule has 2 aliphatic heterocycles. The molecule has 1 N–H and O–H groups in total. The molecule has 8 heteroatoms. The minimum atomic E-state index is -4.40. The van der Waals surface area contributed by atoms with E-state index in [-0.39, 0.29) is 18.0 Å². The molecule has 0 radical (unpaired) electrons. The summed E-state index contributed by atoms with van der Waals surface area (Å²) >= 11 is 0. The number of ether oxygens (including phenoxy) is 1. The van der Waals surface area contributed by atoms with Crippen LogP contribution in [0.2, 0.25) is 0 Å². The number of hydrogen-bond acceptors (Lipinski definition) is 4. The number of benzene rings is 2. The van der Waals surface area contributed by atoms with Crippen molar-refractivity contribution < 1.29 is 22.7 Å². The van der Waals surface area contributed by atoms with Crippen molar-refractivity contribution in [2.75, 3.05) is 36.5 Å². The monoisotopic (exact) mass is 445 g/mol. The Morgan fingerprint density at radius 1 is 1.09 bits per heavy atom. The number of amides is 1. The molecule has 170 valence electrons. The zero-order valence-corrected chi connectivity index (χ0v) is 17.9. The van der Waals surface area contributed by atoms with Gasteiger partial charge in [-0.1, -0.05) is 0 Å². The lowest BCUT2D eigenvalue weighted by Gasteiger charge is -2.49. The number of methoxy groups -OCH3 is 1. The quantitative estimate of drug-likeness (QED) is 0.777. The first-order chi connectivity index (χ1) is 15.3. The summed E-state index contributed by atoms with van der Waals surface area (Å²) in [4.78, 5) is 17.5. The molecule has 0 bridgehead atoms. The number of alkyl halides is 3. The second kappa shape index (κ2) is 7.90. The van der Waals surface area contributed by atoms with Crippen LogP contribution in [0.15, 0.2) is 42.5 Å². The molecule has 32 heavy (non-hydrogen) atoms. The summed E-state index contributed by atoms with van der Waals surface area (Å²) in [6, 6.07) is 11.9. The normalized spacial score (nSPS) is 22.8. The van der Waals surface area contributed by atoms with Crippen LogP contribution in [0.3, 0.4) is 0 Å². The Balaban J connectivity index is 1.45. The Morgan fingerprint density at radius 3 is 2.50 bits per heavy atom. The minimum absolute atomic E-state index is 0.0536. The number of hydrogen-bond donors (Lipinski definition) is 1. The summed E-state index contributed by atoms with van der Waals surface area (Å²) in [6.07, 6.45) is -2.14. The van der Waals surface area contributed by atoms with Gasteiger partial charge in [0.1, 0.15) is 5.75 Å². The largest absolute Gasteiger partial charge is 0.497 e. The molecule has 3 aliphatic rings. The molecule has 0 aromatic heterocycles. The standard InChI is InChI=1S/C24H26F3N3O2/c1-32-19-7-5-18(6-8-19)29-10-11-30-21-9-2-16(24(25,26)27)12-15(21)13-20(22(30)14-29)23(31)28-17-3-4-17/h2,5-9,12,17,20,22H,3-4,10-11,13-14H2,1H3,(H,28,31)/t20-,22+/m1/s1. The molecule has 0 spiro atoms. The SMILES string of the molecule is COc1ccc(N2CCN3c4ccc(C(F)(F)F)cc4C[C@@H](C(=O)NC4CC4)[C@@H]3C2)cc1. The van der Waals surface area contributed by atoms with E-state index in [1.165, 1.54) is 6.07 Å². The van der Waals surface area contributed by atoms with Crippen molar-refractivity contribution in [2.24, 2.45) is 5.92 Å². The number of rotatable bonds is 4. The number of nitrogens with zero attached hydrogens (tertiary/aromatic N) is 2. The molecule has 2 atom stereocenters. The van der Waals surface area contributed by atoms with Crippen LogP contribution in [-0.4, -0.2) is 44.7 Å². The van der Waals surface area contributed by atoms with Crippen molar-refractivity contribution in [3.8, 4) is 5.75 Å². The van der Waals surface area contributed by atoms with Crippen LogP contribution in [-0.2, 0) is 17.4 Å². The highest BCUT2D eigenvalue weighted by molar-refractivity contribution is 5.83. The van der Waals surface area contributed by atoms with Gasteiger partial charge in [0.15, 0.2) is 0 Å². The van der Waals surface area contributed by atoms with Crippen molar-refractivity contribution in [2.45, 2.75) is 37.5 Å². The van der Waals surface area contributed by atoms with Crippen molar-refractivity contribution in [1.29, 1.82) is 0 Å². The second-order valence-corrected chi connectivity index (χ2v) is 8.84. The fourth-order valence-electron chi connectivity index (χ4n) is 4.86. The summed E-state index contributed by atoms with van der Waals surface area (Å²) in [5.74, 6) is 0.330. The smallest absolute Gasteiger partial charge is 0.416 e. The lowest BCUT2D eigenvalue weighted by Crippen LogP contribution is -2.61. The zero-order valence-electron chi connectivity index (χ0n) is 17.9. The van der Waals surface area contributed by atoms with Gasteiger partial charge in [-0.25, -0.2) is 0 Å². The molecule has 2 aromatic carbocycles. The summed E-state index contributed by atoms with van der Waals surface area (Å²) in [5, 5.41) is 3.08. The van der Waals surface area contributed by atoms with Gasteiger partial charge in [-0.15, -0.1) is 0 Å². The van der Waals surface area contributed by atoms with Crippen LogP contribution in [0.5, 0.6) is 5.75 Å². The third kappa shape index (κ3) is 3.98. The topological polar surface area (TPSA) is 44.8 Å². The van der Waals surface area contributed by atoms with Gasteiger partial charge in [0.25, 0.3) is 0 Å². The number of carbonyl (C=O) groups excluding carboxylic acids is 1. The van der Waals surface area contributed by atoms with Crippen LogP contribution < -0.4 is 19.9 Å². The Bertz CT molecular complexity index is 1000. The molecular weight excluding hydrogens is 419 g/mol. The zero-order chi connectivity index (χ0) is 22.5. The number of carbonyl (C=O) groups is 1. The number of anilines is 2. The molecule has 1 aliphatic carbocycles. The lowest BCUT2D eigenvalue weighted by molar-refractivity contribution is -0.137. The van der Waals surface area contributed by atoms with E-state index >= 15 is 0 Å². The van der Waals surface area contributed by atoms with E-state index in [0.717, 1.165) is 42.6 Å². The molecule has 5 nitrogen and oxygen atoms in total. The first-order valence-corrected chi connectivity index (χ1v) is 11.0. The van der Waals surface area contributed by atoms with Crippen molar-refractivity contribution >= 4 is 17.3 Å². The average molecular weight is 445 g/mol. The van der Waals surface area contributed by atoms with Gasteiger partial charge in [-0.2, -0.15) is 13.2 Å². The third-order valence-corrected chi connectivity index (χ3v) is 6.74. The van der Waals surface area contributed by atoms with Crippen molar-refractivity contribution in [1.82, 2.24) is 5.32 Å². The molecule has 2 aromatic rings. The van der Waals surface area contributed by atoms with Gasteiger partial charge >= 0.3 is 6.18 Å². The van der Waals surface area contributed by atoms with E-state index in [2.05, 4.69) is 15.1 Å². The van der Waals surface area contributed by atoms with E-state index in [1.807, 2.05) is 24.3 Å². The van der Waals surface area contributed by atoms with E-state index in [0.29, 0.717) is 25.1 Å². The highest BCUT2D eigenvalue weighted by Gasteiger charge is 2.43. The van der Waals surface area contributed by atoms with Crippen LogP contribution in [0.4, 0.5) is 24.5 Å². The van der Waals surface area contributed by atoms with Crippen LogP contribution in [0, 0.1) is 5.92 Å². The van der Waals surface area contributed by atoms with E-state index in [4.69, 9.17) is 4.74 Å². The number of fused-ring (bicyclic) bond motifs is 3. The Hall–Kier alpha value is -2.90. The molecule has 2 heterocycles. The van der Waals surface area contributed by atoms with Crippen LogP contribution in [0.1, 0.15) is 24.0 Å². The molecule has 1 saturated heterocycles. The van der Waals surface area contributed by atoms with Gasteiger partial charge in [0.2, 0.25) is 5.91 Å². The van der Waals surface area contributed by atoms with Gasteiger partial charge < -0.3 is 19.9 Å². The van der Waals surface area contributed by atoms with E-state index in [1.54, 1.807) is 13.2 Å². The molecule has 2 fully saturated rings. The van der Waals surface area contributed by atoms with Crippen LogP contribution >= 0.6 is 0 Å². The lowest BCUT2D eigenvalue weighted by atomic mass is 9.82. The molecule has 1 amide bonds. The minimum Gasteiger partial charge on any atom is -0.497 e. The fourth-order valence-corrected chi connectivity index (χ4v) is 4.86. The van der Waals surface area contributed by atoms with Gasteiger partial charge in [0, 0.05) is 37.1 Å².